The van der Waals surface area contributed by atoms with E-state index in [1.54, 1.807) is 5.38 Å². The highest BCUT2D eigenvalue weighted by molar-refractivity contribution is 7.13. The molecule has 1 unspecified atom stereocenters. The quantitative estimate of drug-likeness (QED) is 0.677. The van der Waals surface area contributed by atoms with Gasteiger partial charge in [-0.2, -0.15) is 0 Å². The van der Waals surface area contributed by atoms with E-state index in [1.807, 2.05) is 30.3 Å². The van der Waals surface area contributed by atoms with Crippen molar-refractivity contribution in [3.05, 3.63) is 76.8 Å². The Morgan fingerprint density at radius 3 is 2.52 bits per heavy atom. The average molecular weight is 388 g/mol. The van der Waals surface area contributed by atoms with E-state index in [0.717, 1.165) is 28.8 Å². The van der Waals surface area contributed by atoms with Crippen LogP contribution in [-0.4, -0.2) is 22.0 Å². The van der Waals surface area contributed by atoms with Crippen molar-refractivity contribution in [1.29, 1.82) is 0 Å². The number of hydrogen-bond donors (Lipinski definition) is 2. The minimum absolute atomic E-state index is 0.0574. The van der Waals surface area contributed by atoms with Crippen LogP contribution in [0.5, 0.6) is 0 Å². The standard InChI is InChI=1S/C19H14F2N2O3S/c20-14-7-6-12(8-15(14)21)17(19(25)26)23-16(24)9-13-10-27-18(22-13)11-4-2-1-3-5-11/h1-8,10,17H,9H2,(H,23,24)(H,25,26). The number of rotatable bonds is 6. The normalized spacial score (nSPS) is 11.8. The highest BCUT2D eigenvalue weighted by atomic mass is 32.1. The molecule has 0 bridgehead atoms. The predicted molar refractivity (Wildman–Crippen MR) is 96.1 cm³/mol. The number of nitrogens with one attached hydrogen (secondary N) is 1. The second-order valence-corrected chi connectivity index (χ2v) is 6.56. The molecule has 0 aliphatic carbocycles. The number of carboxylic acids is 1. The molecule has 5 nitrogen and oxygen atoms in total. The van der Waals surface area contributed by atoms with Crippen molar-refractivity contribution in [3.63, 3.8) is 0 Å². The van der Waals surface area contributed by atoms with Gasteiger partial charge in [0.05, 0.1) is 12.1 Å². The highest BCUT2D eigenvalue weighted by Crippen LogP contribution is 2.23. The van der Waals surface area contributed by atoms with E-state index in [9.17, 15) is 23.5 Å². The molecule has 27 heavy (non-hydrogen) atoms. The van der Waals surface area contributed by atoms with E-state index in [0.29, 0.717) is 5.69 Å². The van der Waals surface area contributed by atoms with Gasteiger partial charge in [-0.1, -0.05) is 36.4 Å². The lowest BCUT2D eigenvalue weighted by atomic mass is 10.1. The number of nitrogens with zero attached hydrogens (tertiary/aromatic N) is 1. The van der Waals surface area contributed by atoms with Crippen LogP contribution in [0.3, 0.4) is 0 Å². The molecule has 0 aliphatic rings. The Kier molecular flexibility index (Phi) is 5.56. The number of carbonyl (C=O) groups is 2. The Morgan fingerprint density at radius 1 is 1.11 bits per heavy atom. The van der Waals surface area contributed by atoms with Gasteiger partial charge in [0.15, 0.2) is 17.7 Å². The zero-order valence-electron chi connectivity index (χ0n) is 13.9. The second kappa shape index (κ2) is 8.05. The van der Waals surface area contributed by atoms with Gasteiger partial charge in [0, 0.05) is 10.9 Å². The molecule has 1 atom stereocenters. The molecular weight excluding hydrogens is 374 g/mol. The lowest BCUT2D eigenvalue weighted by Gasteiger charge is -2.14. The number of carboxylic acid groups (broad SMARTS) is 1. The number of benzene rings is 2. The van der Waals surface area contributed by atoms with Crippen molar-refractivity contribution in [1.82, 2.24) is 10.3 Å². The summed E-state index contributed by atoms with van der Waals surface area (Å²) in [6.45, 7) is 0. The predicted octanol–water partition coefficient (Wildman–Crippen LogP) is 3.57. The largest absolute Gasteiger partial charge is 0.479 e. The van der Waals surface area contributed by atoms with Crippen LogP contribution in [0.4, 0.5) is 8.78 Å². The SMILES string of the molecule is O=C(Cc1csc(-c2ccccc2)n1)NC(C(=O)O)c1ccc(F)c(F)c1. The van der Waals surface area contributed by atoms with Crippen molar-refractivity contribution in [3.8, 4) is 10.6 Å². The van der Waals surface area contributed by atoms with Gasteiger partial charge in [0.2, 0.25) is 5.91 Å². The topological polar surface area (TPSA) is 79.3 Å². The van der Waals surface area contributed by atoms with Crippen LogP contribution in [0.1, 0.15) is 17.3 Å². The van der Waals surface area contributed by atoms with Gasteiger partial charge in [-0.3, -0.25) is 4.79 Å². The van der Waals surface area contributed by atoms with Crippen LogP contribution >= 0.6 is 11.3 Å². The highest BCUT2D eigenvalue weighted by Gasteiger charge is 2.23. The molecular formula is C19H14F2N2O3S. The summed E-state index contributed by atoms with van der Waals surface area (Å²) >= 11 is 1.37. The summed E-state index contributed by atoms with van der Waals surface area (Å²) in [4.78, 5) is 28.0. The molecule has 0 spiro atoms. The molecule has 3 aromatic rings. The van der Waals surface area contributed by atoms with Crippen molar-refractivity contribution in [2.24, 2.45) is 0 Å². The molecule has 0 fully saturated rings. The summed E-state index contributed by atoms with van der Waals surface area (Å²) in [6, 6.07) is 10.6. The van der Waals surface area contributed by atoms with Crippen molar-refractivity contribution < 1.29 is 23.5 Å². The lowest BCUT2D eigenvalue weighted by Crippen LogP contribution is -2.34. The Balaban J connectivity index is 1.71. The number of amides is 1. The molecule has 0 aliphatic heterocycles. The molecule has 0 saturated carbocycles. The average Bonchev–Trinajstić information content (AvgIpc) is 3.11. The molecule has 0 saturated heterocycles. The zero-order chi connectivity index (χ0) is 19.4. The summed E-state index contributed by atoms with van der Waals surface area (Å²) in [5.74, 6) is -4.24. The maximum atomic E-state index is 13.4. The molecule has 0 radical (unpaired) electrons. The van der Waals surface area contributed by atoms with Gasteiger partial charge in [-0.25, -0.2) is 18.6 Å². The van der Waals surface area contributed by atoms with E-state index in [2.05, 4.69) is 10.3 Å². The third-order valence-electron chi connectivity index (χ3n) is 3.74. The van der Waals surface area contributed by atoms with Crippen molar-refractivity contribution in [2.45, 2.75) is 12.5 Å². The number of hydrogen-bond acceptors (Lipinski definition) is 4. The molecule has 3 rings (SSSR count). The van der Waals surface area contributed by atoms with E-state index in [-0.39, 0.29) is 12.0 Å². The van der Waals surface area contributed by atoms with E-state index in [4.69, 9.17) is 0 Å². The van der Waals surface area contributed by atoms with Crippen molar-refractivity contribution >= 4 is 23.2 Å². The summed E-state index contributed by atoms with van der Waals surface area (Å²) in [7, 11) is 0. The van der Waals surface area contributed by atoms with Gasteiger partial charge in [0.1, 0.15) is 5.01 Å². The van der Waals surface area contributed by atoms with Crippen LogP contribution < -0.4 is 5.32 Å². The van der Waals surface area contributed by atoms with Gasteiger partial charge in [-0.15, -0.1) is 11.3 Å². The molecule has 1 heterocycles. The van der Waals surface area contributed by atoms with Crippen LogP contribution in [0.2, 0.25) is 0 Å². The third-order valence-corrected chi connectivity index (χ3v) is 4.68. The number of thiazole rings is 1. The monoisotopic (exact) mass is 388 g/mol. The Bertz CT molecular complexity index is 976. The third kappa shape index (κ3) is 4.53. The fourth-order valence-corrected chi connectivity index (χ4v) is 3.28. The van der Waals surface area contributed by atoms with Crippen LogP contribution in [-0.2, 0) is 16.0 Å². The molecule has 2 N–H and O–H groups in total. The van der Waals surface area contributed by atoms with Gasteiger partial charge in [0.25, 0.3) is 0 Å². The summed E-state index contributed by atoms with van der Waals surface area (Å²) < 4.78 is 26.4. The Hall–Kier alpha value is -3.13. The number of aliphatic carboxylic acids is 1. The van der Waals surface area contributed by atoms with E-state index < -0.39 is 29.6 Å². The maximum absolute atomic E-state index is 13.4. The smallest absolute Gasteiger partial charge is 0.330 e. The summed E-state index contributed by atoms with van der Waals surface area (Å²) in [5.41, 5.74) is 1.35. The second-order valence-electron chi connectivity index (χ2n) is 5.70. The first-order chi connectivity index (χ1) is 12.9. The van der Waals surface area contributed by atoms with Gasteiger partial charge >= 0.3 is 5.97 Å². The number of halogens is 2. The maximum Gasteiger partial charge on any atom is 0.330 e. The minimum Gasteiger partial charge on any atom is -0.479 e. The van der Waals surface area contributed by atoms with Crippen LogP contribution in [0.25, 0.3) is 10.6 Å². The first kappa shape index (κ1) is 18.7. The zero-order valence-corrected chi connectivity index (χ0v) is 14.7. The fraction of sp³-hybridized carbons (Fsp3) is 0.105. The number of aromatic nitrogens is 1. The Labute approximate surface area is 157 Å². The number of carbonyl (C=O) groups excluding carboxylic acids is 1. The van der Waals surface area contributed by atoms with Gasteiger partial charge in [-0.05, 0) is 17.7 Å². The fourth-order valence-electron chi connectivity index (χ4n) is 2.46. The first-order valence-corrected chi connectivity index (χ1v) is 8.79. The molecule has 1 aromatic heterocycles. The molecule has 8 heteroatoms. The molecule has 138 valence electrons. The lowest BCUT2D eigenvalue weighted by molar-refractivity contribution is -0.142. The van der Waals surface area contributed by atoms with E-state index >= 15 is 0 Å². The van der Waals surface area contributed by atoms with E-state index in [1.165, 1.54) is 11.3 Å². The van der Waals surface area contributed by atoms with Crippen molar-refractivity contribution in [2.75, 3.05) is 0 Å². The summed E-state index contributed by atoms with van der Waals surface area (Å²) in [6.07, 6.45) is -0.128. The Morgan fingerprint density at radius 2 is 1.85 bits per heavy atom. The van der Waals surface area contributed by atoms with Gasteiger partial charge < -0.3 is 10.4 Å². The molecule has 2 aromatic carbocycles. The molecule has 1 amide bonds. The van der Waals surface area contributed by atoms with Crippen LogP contribution in [0.15, 0.2) is 53.9 Å². The minimum atomic E-state index is -1.49. The first-order valence-electron chi connectivity index (χ1n) is 7.91. The van der Waals surface area contributed by atoms with Crippen LogP contribution in [0, 0.1) is 11.6 Å². The summed E-state index contributed by atoms with van der Waals surface area (Å²) in [5, 5.41) is 14.1.